The number of hydrogen-bond donors (Lipinski definition) is 2. The molecule has 0 aliphatic carbocycles. The molecule has 0 atom stereocenters. The van der Waals surface area contributed by atoms with Crippen LogP contribution in [-0.4, -0.2) is 48.4 Å². The lowest BCUT2D eigenvalue weighted by Gasteiger charge is -2.20. The Kier molecular flexibility index (Phi) is 3.99. The van der Waals surface area contributed by atoms with Crippen molar-refractivity contribution in [2.45, 2.75) is 13.3 Å². The van der Waals surface area contributed by atoms with Crippen LogP contribution < -0.4 is 10.6 Å². The molecule has 0 radical (unpaired) electrons. The largest absolute Gasteiger partial charge is 0.373 e. The fourth-order valence-electron chi connectivity index (χ4n) is 2.07. The predicted octanol–water partition coefficient (Wildman–Crippen LogP) is 0.394. The molecule has 2 N–H and O–H groups in total. The van der Waals surface area contributed by atoms with E-state index in [1.807, 2.05) is 6.92 Å². The molecule has 1 aromatic rings. The van der Waals surface area contributed by atoms with Crippen molar-refractivity contribution in [3.05, 3.63) is 23.4 Å². The van der Waals surface area contributed by atoms with Crippen LogP contribution in [0.25, 0.3) is 0 Å². The van der Waals surface area contributed by atoms with E-state index in [4.69, 9.17) is 0 Å². The molecule has 0 saturated carbocycles. The number of hydrogen-bond acceptors (Lipinski definition) is 4. The van der Waals surface area contributed by atoms with Gasteiger partial charge in [-0.15, -0.1) is 0 Å². The minimum Gasteiger partial charge on any atom is -0.373 e. The molecule has 1 aliphatic rings. The maximum atomic E-state index is 12.4. The maximum Gasteiger partial charge on any atom is 0.254 e. The molecule has 0 bridgehead atoms. The summed E-state index contributed by atoms with van der Waals surface area (Å²) < 4.78 is 0. The standard InChI is InChI=1S/C13H18N4O2/c1-9-7-10(8-11(14-2)16-9)13(19)17-5-3-12(18)15-4-6-17/h7-8H,3-6H2,1-2H3,(H,14,16)(H,15,18). The number of pyridine rings is 1. The Bertz CT molecular complexity index is 501. The van der Waals surface area contributed by atoms with Crippen LogP contribution in [-0.2, 0) is 4.79 Å². The lowest BCUT2D eigenvalue weighted by Crippen LogP contribution is -2.34. The zero-order chi connectivity index (χ0) is 13.8. The van der Waals surface area contributed by atoms with Gasteiger partial charge in [-0.2, -0.15) is 0 Å². The monoisotopic (exact) mass is 262 g/mol. The SMILES string of the molecule is CNc1cc(C(=O)N2CCNC(=O)CC2)cc(C)n1. The predicted molar refractivity (Wildman–Crippen MR) is 72.1 cm³/mol. The van der Waals surface area contributed by atoms with Gasteiger partial charge in [0.15, 0.2) is 0 Å². The molecule has 6 heteroatoms. The van der Waals surface area contributed by atoms with E-state index in [1.165, 1.54) is 0 Å². The second kappa shape index (κ2) is 5.69. The fourth-order valence-corrected chi connectivity index (χ4v) is 2.07. The number of anilines is 1. The third-order valence-electron chi connectivity index (χ3n) is 3.06. The summed E-state index contributed by atoms with van der Waals surface area (Å²) >= 11 is 0. The fraction of sp³-hybridized carbons (Fsp3) is 0.462. The van der Waals surface area contributed by atoms with E-state index >= 15 is 0 Å². The van der Waals surface area contributed by atoms with E-state index < -0.39 is 0 Å². The molecule has 2 heterocycles. The van der Waals surface area contributed by atoms with Gasteiger partial charge in [0.05, 0.1) is 0 Å². The average Bonchev–Trinajstić information content (AvgIpc) is 2.62. The summed E-state index contributed by atoms with van der Waals surface area (Å²) in [5, 5.41) is 5.69. The summed E-state index contributed by atoms with van der Waals surface area (Å²) in [5.74, 6) is 0.614. The molecule has 6 nitrogen and oxygen atoms in total. The zero-order valence-corrected chi connectivity index (χ0v) is 11.2. The molecule has 2 amide bonds. The topological polar surface area (TPSA) is 74.3 Å². The number of amides is 2. The Labute approximate surface area is 112 Å². The van der Waals surface area contributed by atoms with E-state index in [1.54, 1.807) is 24.1 Å². The van der Waals surface area contributed by atoms with Crippen molar-refractivity contribution in [3.63, 3.8) is 0 Å². The van der Waals surface area contributed by atoms with Crippen molar-refractivity contribution in [2.75, 3.05) is 32.0 Å². The van der Waals surface area contributed by atoms with Crippen LogP contribution in [0.3, 0.4) is 0 Å². The van der Waals surface area contributed by atoms with Gasteiger partial charge in [0, 0.05) is 44.4 Å². The molecule has 1 aromatic heterocycles. The molecule has 1 fully saturated rings. The third-order valence-corrected chi connectivity index (χ3v) is 3.06. The van der Waals surface area contributed by atoms with Gasteiger partial charge < -0.3 is 15.5 Å². The molecule has 19 heavy (non-hydrogen) atoms. The van der Waals surface area contributed by atoms with Crippen molar-refractivity contribution < 1.29 is 9.59 Å². The Balaban J connectivity index is 2.18. The maximum absolute atomic E-state index is 12.4. The smallest absolute Gasteiger partial charge is 0.254 e. The first-order chi connectivity index (χ1) is 9.10. The number of carbonyl (C=O) groups excluding carboxylic acids is 2. The molecule has 0 unspecified atom stereocenters. The highest BCUT2D eigenvalue weighted by Gasteiger charge is 2.20. The summed E-state index contributed by atoms with van der Waals surface area (Å²) in [6, 6.07) is 3.50. The lowest BCUT2D eigenvalue weighted by atomic mass is 10.2. The Morgan fingerprint density at radius 1 is 1.42 bits per heavy atom. The van der Waals surface area contributed by atoms with E-state index in [2.05, 4.69) is 15.6 Å². The quantitative estimate of drug-likeness (QED) is 0.808. The first-order valence-electron chi connectivity index (χ1n) is 6.32. The minimum atomic E-state index is -0.0569. The van der Waals surface area contributed by atoms with Crippen molar-refractivity contribution in [1.82, 2.24) is 15.2 Å². The molecule has 2 rings (SSSR count). The van der Waals surface area contributed by atoms with Crippen molar-refractivity contribution in [1.29, 1.82) is 0 Å². The molecule has 1 saturated heterocycles. The van der Waals surface area contributed by atoms with E-state index in [0.717, 1.165) is 5.69 Å². The van der Waals surface area contributed by atoms with Crippen LogP contribution in [0.5, 0.6) is 0 Å². The number of carbonyl (C=O) groups is 2. The van der Waals surface area contributed by atoms with Crippen LogP contribution >= 0.6 is 0 Å². The Hall–Kier alpha value is -2.11. The van der Waals surface area contributed by atoms with Gasteiger partial charge in [0.25, 0.3) is 5.91 Å². The average molecular weight is 262 g/mol. The molecule has 102 valence electrons. The van der Waals surface area contributed by atoms with Gasteiger partial charge in [-0.25, -0.2) is 4.98 Å². The van der Waals surface area contributed by atoms with Crippen molar-refractivity contribution in [3.8, 4) is 0 Å². The number of rotatable bonds is 2. The van der Waals surface area contributed by atoms with Gasteiger partial charge in [-0.3, -0.25) is 9.59 Å². The summed E-state index contributed by atoms with van der Waals surface area (Å²) in [6.07, 6.45) is 0.356. The number of nitrogens with one attached hydrogen (secondary N) is 2. The van der Waals surface area contributed by atoms with E-state index in [0.29, 0.717) is 37.4 Å². The molecule has 0 spiro atoms. The Morgan fingerprint density at radius 2 is 2.21 bits per heavy atom. The number of nitrogens with zero attached hydrogens (tertiary/aromatic N) is 2. The van der Waals surface area contributed by atoms with Crippen molar-refractivity contribution >= 4 is 17.6 Å². The molecule has 1 aliphatic heterocycles. The second-order valence-corrected chi connectivity index (χ2v) is 4.52. The first kappa shape index (κ1) is 13.3. The minimum absolute atomic E-state index is 0.00266. The van der Waals surface area contributed by atoms with Crippen LogP contribution in [0.2, 0.25) is 0 Å². The lowest BCUT2D eigenvalue weighted by molar-refractivity contribution is -0.120. The van der Waals surface area contributed by atoms with Gasteiger partial charge in [0.1, 0.15) is 5.82 Å². The summed E-state index contributed by atoms with van der Waals surface area (Å²) in [4.78, 5) is 29.6. The van der Waals surface area contributed by atoms with Crippen LogP contribution in [0.4, 0.5) is 5.82 Å². The van der Waals surface area contributed by atoms with Crippen molar-refractivity contribution in [2.24, 2.45) is 0 Å². The first-order valence-corrected chi connectivity index (χ1v) is 6.32. The molecular formula is C13H18N4O2. The number of aromatic nitrogens is 1. The number of aryl methyl sites for hydroxylation is 1. The molecular weight excluding hydrogens is 244 g/mol. The van der Waals surface area contributed by atoms with Gasteiger partial charge in [-0.05, 0) is 19.1 Å². The second-order valence-electron chi connectivity index (χ2n) is 4.52. The van der Waals surface area contributed by atoms with E-state index in [9.17, 15) is 9.59 Å². The highest BCUT2D eigenvalue weighted by Crippen LogP contribution is 2.13. The van der Waals surface area contributed by atoms with Gasteiger partial charge >= 0.3 is 0 Å². The van der Waals surface area contributed by atoms with Crippen LogP contribution in [0, 0.1) is 6.92 Å². The van der Waals surface area contributed by atoms with Gasteiger partial charge in [-0.1, -0.05) is 0 Å². The van der Waals surface area contributed by atoms with Crippen LogP contribution in [0.1, 0.15) is 22.5 Å². The highest BCUT2D eigenvalue weighted by atomic mass is 16.2. The molecule has 0 aromatic carbocycles. The van der Waals surface area contributed by atoms with Crippen LogP contribution in [0.15, 0.2) is 12.1 Å². The Morgan fingerprint density at radius 3 is 2.95 bits per heavy atom. The normalized spacial score (nSPS) is 15.7. The third kappa shape index (κ3) is 3.21. The van der Waals surface area contributed by atoms with E-state index in [-0.39, 0.29) is 11.8 Å². The summed E-state index contributed by atoms with van der Waals surface area (Å²) in [6.45, 7) is 3.36. The highest BCUT2D eigenvalue weighted by molar-refractivity contribution is 5.95. The zero-order valence-electron chi connectivity index (χ0n) is 11.2. The summed E-state index contributed by atoms with van der Waals surface area (Å²) in [5.41, 5.74) is 1.39. The van der Waals surface area contributed by atoms with Gasteiger partial charge in [0.2, 0.25) is 5.91 Å². The summed E-state index contributed by atoms with van der Waals surface area (Å²) in [7, 11) is 1.77.